The van der Waals surface area contributed by atoms with Crippen LogP contribution in [0, 0.1) is 12.7 Å². The van der Waals surface area contributed by atoms with Crippen LogP contribution in [-0.2, 0) is 6.54 Å². The largest absolute Gasteiger partial charge is 0.396 e. The molecule has 17 heavy (non-hydrogen) atoms. The van der Waals surface area contributed by atoms with E-state index in [-0.39, 0.29) is 11.5 Å². The average molecular weight is 230 g/mol. The molecule has 0 radical (unpaired) electrons. The summed E-state index contributed by atoms with van der Waals surface area (Å²) in [4.78, 5) is 0. The lowest BCUT2D eigenvalue weighted by atomic mass is 10.1. The molecule has 0 aliphatic heterocycles. The third-order valence-corrected chi connectivity index (χ3v) is 2.72. The second kappa shape index (κ2) is 4.87. The van der Waals surface area contributed by atoms with Crippen molar-refractivity contribution in [1.29, 1.82) is 0 Å². The number of anilines is 2. The molecule has 2 rings (SSSR count). The average Bonchev–Trinajstić information content (AvgIpc) is 2.36. The van der Waals surface area contributed by atoms with Crippen molar-refractivity contribution in [1.82, 2.24) is 0 Å². The first-order valence-electron chi connectivity index (χ1n) is 5.51. The quantitative estimate of drug-likeness (QED) is 0.794. The van der Waals surface area contributed by atoms with Crippen LogP contribution < -0.4 is 11.1 Å². The van der Waals surface area contributed by atoms with Crippen molar-refractivity contribution in [2.75, 3.05) is 11.1 Å². The van der Waals surface area contributed by atoms with Crippen LogP contribution in [0.1, 0.15) is 11.1 Å². The minimum atomic E-state index is -0.374. The molecule has 0 aliphatic carbocycles. The number of aryl methyl sites for hydroxylation is 1. The summed E-state index contributed by atoms with van der Waals surface area (Å²) in [5, 5.41) is 3.04. The van der Waals surface area contributed by atoms with Gasteiger partial charge in [0.2, 0.25) is 0 Å². The van der Waals surface area contributed by atoms with Gasteiger partial charge >= 0.3 is 0 Å². The number of hydrogen-bond donors (Lipinski definition) is 2. The Morgan fingerprint density at radius 3 is 2.53 bits per heavy atom. The first-order chi connectivity index (χ1) is 8.18. The van der Waals surface area contributed by atoms with Crippen LogP contribution in [0.25, 0.3) is 0 Å². The number of nitrogen functional groups attached to an aromatic ring is 1. The van der Waals surface area contributed by atoms with Crippen molar-refractivity contribution in [3.05, 3.63) is 59.4 Å². The molecule has 0 saturated heterocycles. The van der Waals surface area contributed by atoms with E-state index in [2.05, 4.69) is 5.32 Å². The Kier molecular flexibility index (Phi) is 3.28. The van der Waals surface area contributed by atoms with Crippen molar-refractivity contribution in [3.8, 4) is 0 Å². The lowest BCUT2D eigenvalue weighted by Gasteiger charge is -2.10. The van der Waals surface area contributed by atoms with Crippen molar-refractivity contribution in [2.45, 2.75) is 13.5 Å². The summed E-state index contributed by atoms with van der Waals surface area (Å²) in [5.41, 5.74) is 8.15. The van der Waals surface area contributed by atoms with Gasteiger partial charge in [-0.05, 0) is 24.1 Å². The van der Waals surface area contributed by atoms with Gasteiger partial charge in [0, 0.05) is 6.54 Å². The Balaban J connectivity index is 2.13. The first kappa shape index (κ1) is 11.5. The fourth-order valence-corrected chi connectivity index (χ4v) is 1.62. The van der Waals surface area contributed by atoms with Gasteiger partial charge in [0.25, 0.3) is 0 Å². The molecule has 88 valence electrons. The summed E-state index contributed by atoms with van der Waals surface area (Å²) in [6.07, 6.45) is 0. The molecule has 0 spiro atoms. The minimum absolute atomic E-state index is 0.211. The molecule has 2 nitrogen and oxygen atoms in total. The molecule has 0 fully saturated rings. The molecule has 2 aromatic rings. The third-order valence-electron chi connectivity index (χ3n) is 2.72. The van der Waals surface area contributed by atoms with E-state index >= 15 is 0 Å². The van der Waals surface area contributed by atoms with E-state index < -0.39 is 0 Å². The summed E-state index contributed by atoms with van der Waals surface area (Å²) in [6.45, 7) is 2.37. The Labute approximate surface area is 100 Å². The fourth-order valence-electron chi connectivity index (χ4n) is 1.62. The highest BCUT2D eigenvalue weighted by atomic mass is 19.1. The molecule has 3 heteroatoms. The predicted molar refractivity (Wildman–Crippen MR) is 69.3 cm³/mol. The van der Waals surface area contributed by atoms with E-state index in [0.717, 1.165) is 11.1 Å². The zero-order valence-corrected chi connectivity index (χ0v) is 9.70. The standard InChI is InChI=1S/C14H15FN2/c1-10-7-8-12(13(15)14(10)16)17-9-11-5-3-2-4-6-11/h2-8,17H,9,16H2,1H3. The number of rotatable bonds is 3. The number of hydrogen-bond acceptors (Lipinski definition) is 2. The maximum atomic E-state index is 13.8. The van der Waals surface area contributed by atoms with Crippen LogP contribution >= 0.6 is 0 Å². The van der Waals surface area contributed by atoms with Crippen LogP contribution in [-0.4, -0.2) is 0 Å². The fraction of sp³-hybridized carbons (Fsp3) is 0.143. The van der Waals surface area contributed by atoms with Gasteiger partial charge in [-0.1, -0.05) is 36.4 Å². The van der Waals surface area contributed by atoms with E-state index in [0.29, 0.717) is 12.2 Å². The number of nitrogens with two attached hydrogens (primary N) is 1. The van der Waals surface area contributed by atoms with Gasteiger partial charge in [-0.2, -0.15) is 0 Å². The zero-order chi connectivity index (χ0) is 12.3. The first-order valence-corrected chi connectivity index (χ1v) is 5.51. The Morgan fingerprint density at radius 2 is 1.82 bits per heavy atom. The van der Waals surface area contributed by atoms with Gasteiger partial charge in [-0.15, -0.1) is 0 Å². The number of benzene rings is 2. The molecule has 0 heterocycles. The van der Waals surface area contributed by atoms with Gasteiger partial charge in [0.1, 0.15) is 0 Å². The van der Waals surface area contributed by atoms with Crippen molar-refractivity contribution < 1.29 is 4.39 Å². The van der Waals surface area contributed by atoms with Crippen LogP contribution in [0.2, 0.25) is 0 Å². The summed E-state index contributed by atoms with van der Waals surface area (Å²) in [5.74, 6) is -0.374. The van der Waals surface area contributed by atoms with Crippen molar-refractivity contribution >= 4 is 11.4 Å². The molecule has 0 atom stereocenters. The second-order valence-corrected chi connectivity index (χ2v) is 4.00. The molecule has 2 aromatic carbocycles. The maximum Gasteiger partial charge on any atom is 0.169 e. The predicted octanol–water partition coefficient (Wildman–Crippen LogP) is 3.33. The van der Waals surface area contributed by atoms with Crippen LogP contribution in [0.15, 0.2) is 42.5 Å². The van der Waals surface area contributed by atoms with Gasteiger partial charge in [-0.25, -0.2) is 4.39 Å². The molecule has 0 unspecified atom stereocenters. The van der Waals surface area contributed by atoms with E-state index in [1.165, 1.54) is 0 Å². The highest BCUT2D eigenvalue weighted by Crippen LogP contribution is 2.23. The molecule has 0 amide bonds. The lowest BCUT2D eigenvalue weighted by molar-refractivity contribution is 0.634. The Hall–Kier alpha value is -2.03. The summed E-state index contributed by atoms with van der Waals surface area (Å²) in [6, 6.07) is 13.4. The Morgan fingerprint density at radius 1 is 1.12 bits per heavy atom. The molecular weight excluding hydrogens is 215 g/mol. The van der Waals surface area contributed by atoms with Gasteiger partial charge in [0.15, 0.2) is 5.82 Å². The van der Waals surface area contributed by atoms with E-state index in [1.54, 1.807) is 13.0 Å². The van der Waals surface area contributed by atoms with Crippen LogP contribution in [0.4, 0.5) is 15.8 Å². The van der Waals surface area contributed by atoms with E-state index in [9.17, 15) is 4.39 Å². The molecule has 0 bridgehead atoms. The maximum absolute atomic E-state index is 13.8. The Bertz CT molecular complexity index is 509. The zero-order valence-electron chi connectivity index (χ0n) is 9.70. The highest BCUT2D eigenvalue weighted by Gasteiger charge is 2.07. The third kappa shape index (κ3) is 2.56. The molecule has 3 N–H and O–H groups in total. The van der Waals surface area contributed by atoms with Crippen molar-refractivity contribution in [3.63, 3.8) is 0 Å². The van der Waals surface area contributed by atoms with E-state index in [1.807, 2.05) is 36.4 Å². The smallest absolute Gasteiger partial charge is 0.169 e. The summed E-state index contributed by atoms with van der Waals surface area (Å²) in [7, 11) is 0. The van der Waals surface area contributed by atoms with Gasteiger partial charge in [0.05, 0.1) is 11.4 Å². The number of halogens is 1. The minimum Gasteiger partial charge on any atom is -0.396 e. The summed E-state index contributed by atoms with van der Waals surface area (Å²) >= 11 is 0. The van der Waals surface area contributed by atoms with Crippen LogP contribution in [0.5, 0.6) is 0 Å². The van der Waals surface area contributed by atoms with Crippen molar-refractivity contribution in [2.24, 2.45) is 0 Å². The second-order valence-electron chi connectivity index (χ2n) is 4.00. The molecule has 0 saturated carbocycles. The SMILES string of the molecule is Cc1ccc(NCc2ccccc2)c(F)c1N. The molecular formula is C14H15FN2. The molecule has 0 aliphatic rings. The van der Waals surface area contributed by atoms with Gasteiger partial charge < -0.3 is 11.1 Å². The molecule has 0 aromatic heterocycles. The normalized spacial score (nSPS) is 10.2. The van der Waals surface area contributed by atoms with Gasteiger partial charge in [-0.3, -0.25) is 0 Å². The summed E-state index contributed by atoms with van der Waals surface area (Å²) < 4.78 is 13.8. The van der Waals surface area contributed by atoms with Crippen LogP contribution in [0.3, 0.4) is 0 Å². The monoisotopic (exact) mass is 230 g/mol. The highest BCUT2D eigenvalue weighted by molar-refractivity contribution is 5.60. The van der Waals surface area contributed by atoms with E-state index in [4.69, 9.17) is 5.73 Å². The number of nitrogens with one attached hydrogen (secondary N) is 1. The lowest BCUT2D eigenvalue weighted by Crippen LogP contribution is -2.04. The topological polar surface area (TPSA) is 38.0 Å².